The van der Waals surface area contributed by atoms with Gasteiger partial charge in [0, 0.05) is 6.04 Å². The Morgan fingerprint density at radius 1 is 1.35 bits per heavy atom. The zero-order chi connectivity index (χ0) is 12.5. The summed E-state index contributed by atoms with van der Waals surface area (Å²) in [6.45, 7) is 8.04. The van der Waals surface area contributed by atoms with E-state index in [4.69, 9.17) is 0 Å². The van der Waals surface area contributed by atoms with Crippen molar-refractivity contribution >= 4 is 11.3 Å². The minimum absolute atomic E-state index is 0.716. The van der Waals surface area contributed by atoms with Gasteiger partial charge in [-0.1, -0.05) is 20.8 Å². The molecule has 1 nitrogen and oxygen atoms in total. The fraction of sp³-hybridized carbons (Fsp3) is 0.733. The van der Waals surface area contributed by atoms with Crippen molar-refractivity contribution in [2.45, 2.75) is 58.9 Å². The third-order valence-electron chi connectivity index (χ3n) is 3.04. The van der Waals surface area contributed by atoms with Gasteiger partial charge in [-0.15, -0.1) is 0 Å². The van der Waals surface area contributed by atoms with E-state index in [2.05, 4.69) is 42.9 Å². The Labute approximate surface area is 111 Å². The molecule has 0 saturated carbocycles. The lowest BCUT2D eigenvalue weighted by Crippen LogP contribution is -2.31. The van der Waals surface area contributed by atoms with Crippen LogP contribution in [-0.4, -0.2) is 12.6 Å². The molecule has 0 amide bonds. The molecule has 0 aliphatic heterocycles. The fourth-order valence-corrected chi connectivity index (χ4v) is 2.91. The van der Waals surface area contributed by atoms with Gasteiger partial charge in [-0.25, -0.2) is 0 Å². The van der Waals surface area contributed by atoms with Crippen LogP contribution < -0.4 is 5.32 Å². The Kier molecular flexibility index (Phi) is 7.54. The second-order valence-electron chi connectivity index (χ2n) is 5.30. The maximum absolute atomic E-state index is 3.68. The lowest BCUT2D eigenvalue weighted by atomic mass is 9.98. The van der Waals surface area contributed by atoms with Crippen molar-refractivity contribution in [2.24, 2.45) is 5.92 Å². The van der Waals surface area contributed by atoms with Crippen LogP contribution in [0.25, 0.3) is 0 Å². The Balaban J connectivity index is 2.22. The van der Waals surface area contributed by atoms with E-state index in [-0.39, 0.29) is 0 Å². The van der Waals surface area contributed by atoms with E-state index in [9.17, 15) is 0 Å². The maximum atomic E-state index is 3.68. The largest absolute Gasteiger partial charge is 0.314 e. The molecule has 1 atom stereocenters. The van der Waals surface area contributed by atoms with Crippen LogP contribution in [-0.2, 0) is 6.42 Å². The molecule has 1 N–H and O–H groups in total. The van der Waals surface area contributed by atoms with Crippen LogP contribution in [0.15, 0.2) is 16.8 Å². The molecule has 98 valence electrons. The summed E-state index contributed by atoms with van der Waals surface area (Å²) in [5.74, 6) is 0.797. The van der Waals surface area contributed by atoms with Crippen molar-refractivity contribution < 1.29 is 0 Å². The summed E-state index contributed by atoms with van der Waals surface area (Å²) in [6, 6.07) is 2.97. The van der Waals surface area contributed by atoms with Crippen LogP contribution >= 0.6 is 11.3 Å². The smallest absolute Gasteiger partial charge is 0.00696 e. The van der Waals surface area contributed by atoms with Gasteiger partial charge in [-0.3, -0.25) is 0 Å². The van der Waals surface area contributed by atoms with Crippen LogP contribution in [0.2, 0.25) is 0 Å². The summed E-state index contributed by atoms with van der Waals surface area (Å²) < 4.78 is 0. The molecule has 0 aliphatic carbocycles. The monoisotopic (exact) mass is 253 g/mol. The molecule has 1 rings (SSSR count). The number of hydrogen-bond acceptors (Lipinski definition) is 2. The van der Waals surface area contributed by atoms with Crippen molar-refractivity contribution in [2.75, 3.05) is 6.54 Å². The van der Waals surface area contributed by atoms with Crippen molar-refractivity contribution in [3.63, 3.8) is 0 Å². The SMILES string of the molecule is CCCNC(CCCc1ccsc1)CC(C)C. The van der Waals surface area contributed by atoms with E-state index >= 15 is 0 Å². The number of nitrogens with one attached hydrogen (secondary N) is 1. The van der Waals surface area contributed by atoms with E-state index in [1.54, 1.807) is 0 Å². The molecule has 0 aromatic carbocycles. The van der Waals surface area contributed by atoms with Crippen molar-refractivity contribution in [3.8, 4) is 0 Å². The molecule has 0 saturated heterocycles. The minimum Gasteiger partial charge on any atom is -0.314 e. The molecule has 0 spiro atoms. The summed E-state index contributed by atoms with van der Waals surface area (Å²) in [6.07, 6.45) is 6.41. The van der Waals surface area contributed by atoms with Gasteiger partial charge in [0.05, 0.1) is 0 Å². The average Bonchev–Trinajstić information content (AvgIpc) is 2.78. The number of aryl methyl sites for hydroxylation is 1. The average molecular weight is 253 g/mol. The Bertz CT molecular complexity index is 266. The fourth-order valence-electron chi connectivity index (χ4n) is 2.21. The first kappa shape index (κ1) is 14.7. The summed E-state index contributed by atoms with van der Waals surface area (Å²) in [7, 11) is 0. The molecule has 2 heteroatoms. The van der Waals surface area contributed by atoms with Crippen LogP contribution in [0.4, 0.5) is 0 Å². The lowest BCUT2D eigenvalue weighted by molar-refractivity contribution is 0.391. The van der Waals surface area contributed by atoms with Crippen LogP contribution in [0.5, 0.6) is 0 Å². The van der Waals surface area contributed by atoms with Crippen molar-refractivity contribution in [1.29, 1.82) is 0 Å². The van der Waals surface area contributed by atoms with E-state index in [1.807, 2.05) is 11.3 Å². The van der Waals surface area contributed by atoms with Gasteiger partial charge >= 0.3 is 0 Å². The van der Waals surface area contributed by atoms with Gasteiger partial charge < -0.3 is 5.32 Å². The van der Waals surface area contributed by atoms with Crippen LogP contribution in [0, 0.1) is 5.92 Å². The van der Waals surface area contributed by atoms with Gasteiger partial charge in [-0.2, -0.15) is 11.3 Å². The van der Waals surface area contributed by atoms with E-state index in [0.717, 1.165) is 12.5 Å². The molecular weight excluding hydrogens is 226 g/mol. The molecular formula is C15H27NS. The minimum atomic E-state index is 0.716. The maximum Gasteiger partial charge on any atom is 0.00696 e. The van der Waals surface area contributed by atoms with Crippen molar-refractivity contribution in [3.05, 3.63) is 22.4 Å². The first-order valence-corrected chi connectivity index (χ1v) is 7.91. The van der Waals surface area contributed by atoms with E-state index < -0.39 is 0 Å². The normalized spacial score (nSPS) is 13.2. The molecule has 1 unspecified atom stereocenters. The van der Waals surface area contributed by atoms with Gasteiger partial charge in [0.15, 0.2) is 0 Å². The van der Waals surface area contributed by atoms with Gasteiger partial charge in [0.1, 0.15) is 0 Å². The molecule has 1 aromatic rings. The summed E-state index contributed by atoms with van der Waals surface area (Å²) in [4.78, 5) is 0. The van der Waals surface area contributed by atoms with Crippen molar-refractivity contribution in [1.82, 2.24) is 5.32 Å². The number of rotatable bonds is 9. The molecule has 0 bridgehead atoms. The highest BCUT2D eigenvalue weighted by Crippen LogP contribution is 2.14. The topological polar surface area (TPSA) is 12.0 Å². The predicted octanol–water partition coefficient (Wildman–Crippen LogP) is 4.49. The summed E-state index contributed by atoms with van der Waals surface area (Å²) in [5.41, 5.74) is 1.51. The second-order valence-corrected chi connectivity index (χ2v) is 6.08. The molecule has 17 heavy (non-hydrogen) atoms. The Morgan fingerprint density at radius 2 is 2.18 bits per heavy atom. The Morgan fingerprint density at radius 3 is 2.76 bits per heavy atom. The molecule has 0 radical (unpaired) electrons. The van der Waals surface area contributed by atoms with E-state index in [0.29, 0.717) is 6.04 Å². The number of hydrogen-bond donors (Lipinski definition) is 1. The summed E-state index contributed by atoms with van der Waals surface area (Å²) >= 11 is 1.81. The van der Waals surface area contributed by atoms with Crippen LogP contribution in [0.1, 0.15) is 52.0 Å². The van der Waals surface area contributed by atoms with Gasteiger partial charge in [0.25, 0.3) is 0 Å². The first-order chi connectivity index (χ1) is 8.22. The molecule has 1 heterocycles. The van der Waals surface area contributed by atoms with Gasteiger partial charge in [0.2, 0.25) is 0 Å². The second kappa shape index (κ2) is 8.71. The zero-order valence-electron chi connectivity index (χ0n) is 11.5. The molecule has 1 aromatic heterocycles. The van der Waals surface area contributed by atoms with Gasteiger partial charge in [-0.05, 0) is 67.0 Å². The highest BCUT2D eigenvalue weighted by atomic mass is 32.1. The zero-order valence-corrected chi connectivity index (χ0v) is 12.4. The Hall–Kier alpha value is -0.340. The highest BCUT2D eigenvalue weighted by Gasteiger charge is 2.09. The lowest BCUT2D eigenvalue weighted by Gasteiger charge is -2.20. The quantitative estimate of drug-likeness (QED) is 0.684. The van der Waals surface area contributed by atoms with Crippen LogP contribution in [0.3, 0.4) is 0 Å². The standard InChI is InChI=1S/C15H27NS/c1-4-9-16-15(11-13(2)3)7-5-6-14-8-10-17-12-14/h8,10,12-13,15-16H,4-7,9,11H2,1-3H3. The molecule has 0 fully saturated rings. The summed E-state index contributed by atoms with van der Waals surface area (Å²) in [5, 5.41) is 8.14. The first-order valence-electron chi connectivity index (χ1n) is 6.96. The molecule has 0 aliphatic rings. The predicted molar refractivity (Wildman–Crippen MR) is 78.8 cm³/mol. The number of thiophene rings is 1. The highest BCUT2D eigenvalue weighted by molar-refractivity contribution is 7.07. The third-order valence-corrected chi connectivity index (χ3v) is 3.77. The third kappa shape index (κ3) is 6.85. The van der Waals surface area contributed by atoms with E-state index in [1.165, 1.54) is 37.7 Å².